The zero-order valence-corrected chi connectivity index (χ0v) is 9.25. The van der Waals surface area contributed by atoms with E-state index in [4.69, 9.17) is 5.11 Å². The van der Waals surface area contributed by atoms with Crippen molar-refractivity contribution in [3.05, 3.63) is 0 Å². The molecule has 1 amide bonds. The summed E-state index contributed by atoms with van der Waals surface area (Å²) in [6.07, 6.45) is 2.87. The number of hydrogen-bond donors (Lipinski definition) is 2. The van der Waals surface area contributed by atoms with Gasteiger partial charge in [0.1, 0.15) is 0 Å². The minimum absolute atomic E-state index is 0.0113. The molecule has 2 N–H and O–H groups in total. The number of nitrogens with one attached hydrogen (secondary N) is 1. The Kier molecular flexibility index (Phi) is 8.57. The van der Waals surface area contributed by atoms with Gasteiger partial charge in [-0.25, -0.2) is 0 Å². The van der Waals surface area contributed by atoms with Gasteiger partial charge in [0, 0.05) is 19.5 Å². The maximum Gasteiger partial charge on any atom is 0.221 e. The normalized spacial score (nSPS) is 10.6. The first-order valence-electron chi connectivity index (χ1n) is 5.26. The summed E-state index contributed by atoms with van der Waals surface area (Å²) in [6, 6.07) is 0. The summed E-state index contributed by atoms with van der Waals surface area (Å²) in [4.78, 5) is 13.3. The van der Waals surface area contributed by atoms with Gasteiger partial charge in [-0.1, -0.05) is 13.3 Å². The summed E-state index contributed by atoms with van der Waals surface area (Å²) in [6.45, 7) is 4.36. The summed E-state index contributed by atoms with van der Waals surface area (Å²) < 4.78 is 0. The molecule has 0 aliphatic carbocycles. The van der Waals surface area contributed by atoms with Crippen molar-refractivity contribution in [3.63, 3.8) is 0 Å². The highest BCUT2D eigenvalue weighted by Crippen LogP contribution is 1.93. The number of rotatable bonds is 8. The van der Waals surface area contributed by atoms with Gasteiger partial charge in [0.05, 0.1) is 6.61 Å². The van der Waals surface area contributed by atoms with Crippen LogP contribution in [0.25, 0.3) is 0 Å². The van der Waals surface area contributed by atoms with E-state index in [-0.39, 0.29) is 12.5 Å². The molecule has 0 aliphatic heterocycles. The van der Waals surface area contributed by atoms with Crippen LogP contribution < -0.4 is 5.32 Å². The van der Waals surface area contributed by atoms with Crippen molar-refractivity contribution in [2.75, 3.05) is 33.3 Å². The van der Waals surface area contributed by atoms with Gasteiger partial charge in [0.2, 0.25) is 5.91 Å². The van der Waals surface area contributed by atoms with E-state index in [0.717, 1.165) is 13.1 Å². The van der Waals surface area contributed by atoms with Crippen molar-refractivity contribution in [3.8, 4) is 0 Å². The molecule has 0 aromatic heterocycles. The average molecular weight is 202 g/mol. The predicted octanol–water partition coefficient (Wildman–Crippen LogP) is 0.217. The molecule has 0 unspecified atom stereocenters. The number of unbranched alkanes of at least 4 members (excludes halogenated alkanes) is 1. The predicted molar refractivity (Wildman–Crippen MR) is 57.1 cm³/mol. The van der Waals surface area contributed by atoms with Gasteiger partial charge in [-0.3, -0.25) is 4.79 Å². The highest BCUT2D eigenvalue weighted by Gasteiger charge is 2.02. The van der Waals surface area contributed by atoms with E-state index >= 15 is 0 Å². The number of amides is 1. The standard InChI is InChI=1S/C10H22N2O2/c1-3-4-7-12(2)8-5-10(14)11-6-9-13/h13H,3-9H2,1-2H3,(H,11,14). The molecule has 0 spiro atoms. The van der Waals surface area contributed by atoms with E-state index in [0.29, 0.717) is 13.0 Å². The number of carbonyl (C=O) groups excluding carboxylic acids is 1. The lowest BCUT2D eigenvalue weighted by Crippen LogP contribution is -2.30. The summed E-state index contributed by atoms with van der Waals surface area (Å²) in [7, 11) is 2.02. The molecule has 0 fully saturated rings. The monoisotopic (exact) mass is 202 g/mol. The molecule has 0 saturated heterocycles. The van der Waals surface area contributed by atoms with E-state index in [2.05, 4.69) is 17.1 Å². The van der Waals surface area contributed by atoms with Crippen molar-refractivity contribution < 1.29 is 9.90 Å². The Morgan fingerprint density at radius 2 is 2.14 bits per heavy atom. The van der Waals surface area contributed by atoms with Gasteiger partial charge in [0.15, 0.2) is 0 Å². The van der Waals surface area contributed by atoms with E-state index in [1.807, 2.05) is 7.05 Å². The number of carbonyl (C=O) groups is 1. The second kappa shape index (κ2) is 8.97. The number of aliphatic hydroxyl groups is 1. The fourth-order valence-electron chi connectivity index (χ4n) is 1.12. The second-order valence-electron chi connectivity index (χ2n) is 3.48. The Labute approximate surface area is 86.3 Å². The first-order valence-corrected chi connectivity index (χ1v) is 5.26. The van der Waals surface area contributed by atoms with Crippen LogP contribution in [0, 0.1) is 0 Å². The third-order valence-corrected chi connectivity index (χ3v) is 2.05. The van der Waals surface area contributed by atoms with Crippen LogP contribution in [0.3, 0.4) is 0 Å². The molecule has 0 bridgehead atoms. The number of nitrogens with zero attached hydrogens (tertiary/aromatic N) is 1. The van der Waals surface area contributed by atoms with E-state index < -0.39 is 0 Å². The molecule has 4 nitrogen and oxygen atoms in total. The second-order valence-corrected chi connectivity index (χ2v) is 3.48. The van der Waals surface area contributed by atoms with Gasteiger partial charge in [-0.2, -0.15) is 0 Å². The lowest BCUT2D eigenvalue weighted by Gasteiger charge is -2.15. The molecular formula is C10H22N2O2. The van der Waals surface area contributed by atoms with Gasteiger partial charge in [0.25, 0.3) is 0 Å². The zero-order chi connectivity index (χ0) is 10.8. The van der Waals surface area contributed by atoms with Gasteiger partial charge in [-0.05, 0) is 20.0 Å². The largest absolute Gasteiger partial charge is 0.395 e. The Bertz CT molecular complexity index is 151. The molecule has 0 heterocycles. The summed E-state index contributed by atoms with van der Waals surface area (Å²) in [5.41, 5.74) is 0. The minimum Gasteiger partial charge on any atom is -0.395 e. The molecule has 0 rings (SSSR count). The maximum absolute atomic E-state index is 11.1. The van der Waals surface area contributed by atoms with Crippen molar-refractivity contribution in [1.29, 1.82) is 0 Å². The Morgan fingerprint density at radius 3 is 2.71 bits per heavy atom. The Balaban J connectivity index is 3.36. The van der Waals surface area contributed by atoms with Crippen LogP contribution in [0.2, 0.25) is 0 Å². The number of hydrogen-bond acceptors (Lipinski definition) is 3. The smallest absolute Gasteiger partial charge is 0.221 e. The highest BCUT2D eigenvalue weighted by molar-refractivity contribution is 5.75. The number of aliphatic hydroxyl groups excluding tert-OH is 1. The van der Waals surface area contributed by atoms with Crippen molar-refractivity contribution in [1.82, 2.24) is 10.2 Å². The molecule has 14 heavy (non-hydrogen) atoms. The van der Waals surface area contributed by atoms with Crippen molar-refractivity contribution in [2.45, 2.75) is 26.2 Å². The average Bonchev–Trinajstić information content (AvgIpc) is 2.20. The Morgan fingerprint density at radius 1 is 1.43 bits per heavy atom. The van der Waals surface area contributed by atoms with Crippen LogP contribution >= 0.6 is 0 Å². The fourth-order valence-corrected chi connectivity index (χ4v) is 1.12. The van der Waals surface area contributed by atoms with Crippen molar-refractivity contribution >= 4 is 5.91 Å². The Hall–Kier alpha value is -0.610. The fraction of sp³-hybridized carbons (Fsp3) is 0.900. The quantitative estimate of drug-likeness (QED) is 0.592. The zero-order valence-electron chi connectivity index (χ0n) is 9.25. The molecule has 84 valence electrons. The SMILES string of the molecule is CCCCN(C)CCC(=O)NCCO. The molecular weight excluding hydrogens is 180 g/mol. The maximum atomic E-state index is 11.1. The third-order valence-electron chi connectivity index (χ3n) is 2.05. The van der Waals surface area contributed by atoms with Crippen LogP contribution in [0.15, 0.2) is 0 Å². The summed E-state index contributed by atoms with van der Waals surface area (Å²) in [5, 5.41) is 11.1. The van der Waals surface area contributed by atoms with Crippen LogP contribution in [0.4, 0.5) is 0 Å². The molecule has 4 heteroatoms. The third kappa shape index (κ3) is 8.01. The summed E-state index contributed by atoms with van der Waals surface area (Å²) in [5.74, 6) is 0.0161. The van der Waals surface area contributed by atoms with E-state index in [9.17, 15) is 4.79 Å². The molecule has 0 atom stereocenters. The first kappa shape index (κ1) is 13.4. The topological polar surface area (TPSA) is 52.6 Å². The molecule has 0 saturated carbocycles. The molecule has 0 aromatic carbocycles. The molecule has 0 aromatic rings. The van der Waals surface area contributed by atoms with Crippen molar-refractivity contribution in [2.24, 2.45) is 0 Å². The molecule has 0 aliphatic rings. The van der Waals surface area contributed by atoms with Crippen LogP contribution in [0.1, 0.15) is 26.2 Å². The van der Waals surface area contributed by atoms with E-state index in [1.54, 1.807) is 0 Å². The van der Waals surface area contributed by atoms with Gasteiger partial charge < -0.3 is 15.3 Å². The highest BCUT2D eigenvalue weighted by atomic mass is 16.3. The van der Waals surface area contributed by atoms with Crippen LogP contribution in [-0.2, 0) is 4.79 Å². The lowest BCUT2D eigenvalue weighted by atomic mass is 10.3. The first-order chi connectivity index (χ1) is 6.70. The molecule has 0 radical (unpaired) electrons. The van der Waals surface area contributed by atoms with E-state index in [1.165, 1.54) is 12.8 Å². The van der Waals surface area contributed by atoms with Crippen LogP contribution in [0.5, 0.6) is 0 Å². The van der Waals surface area contributed by atoms with Crippen LogP contribution in [-0.4, -0.2) is 49.2 Å². The minimum atomic E-state index is 0.0113. The van der Waals surface area contributed by atoms with Gasteiger partial charge >= 0.3 is 0 Å². The summed E-state index contributed by atoms with van der Waals surface area (Å²) >= 11 is 0. The lowest BCUT2D eigenvalue weighted by molar-refractivity contribution is -0.121. The van der Waals surface area contributed by atoms with Gasteiger partial charge in [-0.15, -0.1) is 0 Å².